The van der Waals surface area contributed by atoms with E-state index in [1.807, 2.05) is 0 Å². The first-order chi connectivity index (χ1) is 12.1. The molecule has 0 bridgehead atoms. The zero-order chi connectivity index (χ0) is 19.3. The van der Waals surface area contributed by atoms with Crippen molar-refractivity contribution in [2.75, 3.05) is 5.32 Å². The molecule has 138 valence electrons. The lowest BCUT2D eigenvalue weighted by atomic mass is 10.2. The highest BCUT2D eigenvalue weighted by atomic mass is 16.6. The number of aryl methyl sites for hydroxylation is 1. The number of amides is 3. The number of hydrazine groups is 1. The van der Waals surface area contributed by atoms with Crippen molar-refractivity contribution in [3.8, 4) is 0 Å². The van der Waals surface area contributed by atoms with Gasteiger partial charge in [0, 0.05) is 19.4 Å². The van der Waals surface area contributed by atoms with Gasteiger partial charge in [-0.1, -0.05) is 0 Å². The van der Waals surface area contributed by atoms with Crippen LogP contribution in [0.15, 0.2) is 24.7 Å². The van der Waals surface area contributed by atoms with E-state index >= 15 is 0 Å². The minimum absolute atomic E-state index is 0.0578. The Morgan fingerprint density at radius 1 is 1.15 bits per heavy atom. The van der Waals surface area contributed by atoms with E-state index in [1.165, 1.54) is 29.3 Å². The average Bonchev–Trinajstić information content (AvgIpc) is 2.98. The third kappa shape index (κ3) is 5.54. The Morgan fingerprint density at radius 3 is 2.50 bits per heavy atom. The maximum Gasteiger partial charge on any atom is 0.426 e. The SMILES string of the molecule is Cn1cc(C(=O)Nc2nccc(C(=O)NNC(=O)OC(C)(C)C)n2)cn1. The zero-order valence-electron chi connectivity index (χ0n) is 14.7. The number of rotatable bonds is 3. The summed E-state index contributed by atoms with van der Waals surface area (Å²) in [6, 6.07) is 1.33. The first-order valence-corrected chi connectivity index (χ1v) is 7.56. The molecule has 0 spiro atoms. The minimum atomic E-state index is -0.815. The highest BCUT2D eigenvalue weighted by Gasteiger charge is 2.17. The molecule has 0 fully saturated rings. The second kappa shape index (κ2) is 7.59. The molecule has 0 saturated heterocycles. The molecule has 11 heteroatoms. The van der Waals surface area contributed by atoms with Gasteiger partial charge < -0.3 is 4.74 Å². The number of anilines is 1. The van der Waals surface area contributed by atoms with Gasteiger partial charge in [-0.2, -0.15) is 5.10 Å². The lowest BCUT2D eigenvalue weighted by Gasteiger charge is -2.19. The van der Waals surface area contributed by atoms with Crippen LogP contribution in [0.5, 0.6) is 0 Å². The molecule has 0 atom stereocenters. The van der Waals surface area contributed by atoms with Crippen LogP contribution in [-0.4, -0.2) is 43.3 Å². The van der Waals surface area contributed by atoms with Gasteiger partial charge in [0.15, 0.2) is 0 Å². The number of carbonyl (C=O) groups excluding carboxylic acids is 3. The number of hydrogen-bond donors (Lipinski definition) is 3. The van der Waals surface area contributed by atoms with Crippen LogP contribution in [-0.2, 0) is 11.8 Å². The molecule has 2 aromatic heterocycles. The van der Waals surface area contributed by atoms with Crippen LogP contribution in [0.1, 0.15) is 41.6 Å². The largest absolute Gasteiger partial charge is 0.443 e. The molecule has 3 amide bonds. The molecular weight excluding hydrogens is 342 g/mol. The molecule has 0 radical (unpaired) electrons. The summed E-state index contributed by atoms with van der Waals surface area (Å²) in [4.78, 5) is 43.4. The van der Waals surface area contributed by atoms with Gasteiger partial charge >= 0.3 is 6.09 Å². The van der Waals surface area contributed by atoms with Crippen molar-refractivity contribution in [2.24, 2.45) is 7.05 Å². The fraction of sp³-hybridized carbons (Fsp3) is 0.333. The average molecular weight is 361 g/mol. The highest BCUT2D eigenvalue weighted by molar-refractivity contribution is 6.03. The molecule has 0 aliphatic rings. The summed E-state index contributed by atoms with van der Waals surface area (Å²) in [5, 5.41) is 6.35. The van der Waals surface area contributed by atoms with Crippen LogP contribution in [0.3, 0.4) is 0 Å². The first kappa shape index (κ1) is 18.8. The number of aromatic nitrogens is 4. The van der Waals surface area contributed by atoms with E-state index < -0.39 is 23.5 Å². The lowest BCUT2D eigenvalue weighted by Crippen LogP contribution is -2.44. The van der Waals surface area contributed by atoms with E-state index in [4.69, 9.17) is 4.74 Å². The van der Waals surface area contributed by atoms with Crippen molar-refractivity contribution >= 4 is 23.9 Å². The monoisotopic (exact) mass is 361 g/mol. The van der Waals surface area contributed by atoms with Gasteiger partial charge in [0.05, 0.1) is 11.8 Å². The van der Waals surface area contributed by atoms with Crippen LogP contribution < -0.4 is 16.2 Å². The van der Waals surface area contributed by atoms with Gasteiger partial charge in [0.1, 0.15) is 11.3 Å². The Hall–Kier alpha value is -3.50. The standard InChI is InChI=1S/C15H19N7O4/c1-15(2,3)26-14(25)21-20-12(24)10-5-6-16-13(18-10)19-11(23)9-7-17-22(4)8-9/h5-8H,1-4H3,(H,20,24)(H,21,25)(H,16,18,19,23). The van der Waals surface area contributed by atoms with Crippen LogP contribution in [0.4, 0.5) is 10.7 Å². The summed E-state index contributed by atoms with van der Waals surface area (Å²) in [6.07, 6.45) is 3.40. The molecular formula is C15H19N7O4. The zero-order valence-corrected chi connectivity index (χ0v) is 14.7. The minimum Gasteiger partial charge on any atom is -0.443 e. The molecule has 3 N–H and O–H groups in total. The predicted molar refractivity (Wildman–Crippen MR) is 90.0 cm³/mol. The Bertz CT molecular complexity index is 825. The lowest BCUT2D eigenvalue weighted by molar-refractivity contribution is 0.0483. The number of nitrogens with one attached hydrogen (secondary N) is 3. The quantitative estimate of drug-likeness (QED) is 0.681. The molecule has 0 aromatic carbocycles. The Labute approximate surface area is 149 Å². The highest BCUT2D eigenvalue weighted by Crippen LogP contribution is 2.06. The van der Waals surface area contributed by atoms with Gasteiger partial charge in [0.2, 0.25) is 5.95 Å². The Balaban J connectivity index is 1.96. The first-order valence-electron chi connectivity index (χ1n) is 7.56. The number of ether oxygens (including phenoxy) is 1. The van der Waals surface area contributed by atoms with E-state index in [1.54, 1.807) is 27.8 Å². The number of hydrogen-bond acceptors (Lipinski definition) is 7. The molecule has 0 unspecified atom stereocenters. The van der Waals surface area contributed by atoms with Crippen LogP contribution in [0, 0.1) is 0 Å². The smallest absolute Gasteiger partial charge is 0.426 e. The predicted octanol–water partition coefficient (Wildman–Crippen LogP) is 0.632. The summed E-state index contributed by atoms with van der Waals surface area (Å²) >= 11 is 0. The third-order valence-corrected chi connectivity index (χ3v) is 2.76. The second-order valence-corrected chi connectivity index (χ2v) is 6.20. The summed E-state index contributed by atoms with van der Waals surface area (Å²) in [5.74, 6) is -1.23. The second-order valence-electron chi connectivity index (χ2n) is 6.20. The third-order valence-electron chi connectivity index (χ3n) is 2.76. The maximum atomic E-state index is 12.0. The van der Waals surface area contributed by atoms with Crippen molar-refractivity contribution in [3.63, 3.8) is 0 Å². The molecule has 11 nitrogen and oxygen atoms in total. The van der Waals surface area contributed by atoms with Gasteiger partial charge in [-0.25, -0.2) is 20.2 Å². The maximum absolute atomic E-state index is 12.0. The van der Waals surface area contributed by atoms with E-state index in [0.717, 1.165) is 0 Å². The summed E-state index contributed by atoms with van der Waals surface area (Å²) in [7, 11) is 1.68. The van der Waals surface area contributed by atoms with Crippen molar-refractivity contribution in [1.29, 1.82) is 0 Å². The molecule has 26 heavy (non-hydrogen) atoms. The van der Waals surface area contributed by atoms with Gasteiger partial charge in [0.25, 0.3) is 11.8 Å². The van der Waals surface area contributed by atoms with Crippen LogP contribution in [0.2, 0.25) is 0 Å². The van der Waals surface area contributed by atoms with Gasteiger partial charge in [-0.05, 0) is 26.8 Å². The van der Waals surface area contributed by atoms with Gasteiger partial charge in [-0.3, -0.25) is 25.0 Å². The molecule has 2 heterocycles. The Kier molecular flexibility index (Phi) is 5.50. The van der Waals surface area contributed by atoms with Crippen molar-refractivity contribution < 1.29 is 19.1 Å². The topological polar surface area (TPSA) is 140 Å². The fourth-order valence-electron chi connectivity index (χ4n) is 1.73. The van der Waals surface area contributed by atoms with E-state index in [0.29, 0.717) is 5.56 Å². The van der Waals surface area contributed by atoms with Crippen molar-refractivity contribution in [3.05, 3.63) is 35.9 Å². The molecule has 0 saturated carbocycles. The van der Waals surface area contributed by atoms with Crippen LogP contribution in [0.25, 0.3) is 0 Å². The van der Waals surface area contributed by atoms with E-state index in [9.17, 15) is 14.4 Å². The summed E-state index contributed by atoms with van der Waals surface area (Å²) in [5.41, 5.74) is 3.82. The Morgan fingerprint density at radius 2 is 1.88 bits per heavy atom. The number of nitrogens with zero attached hydrogens (tertiary/aromatic N) is 4. The molecule has 2 aromatic rings. The van der Waals surface area contributed by atoms with E-state index in [-0.39, 0.29) is 11.6 Å². The number of carbonyl (C=O) groups is 3. The molecule has 2 rings (SSSR count). The molecule has 0 aliphatic carbocycles. The summed E-state index contributed by atoms with van der Waals surface area (Å²) < 4.78 is 6.46. The van der Waals surface area contributed by atoms with E-state index in [2.05, 4.69) is 31.2 Å². The van der Waals surface area contributed by atoms with Crippen LogP contribution >= 0.6 is 0 Å². The van der Waals surface area contributed by atoms with Gasteiger partial charge in [-0.15, -0.1) is 0 Å². The fourth-order valence-corrected chi connectivity index (χ4v) is 1.73. The normalized spacial score (nSPS) is 10.8. The van der Waals surface area contributed by atoms with Crippen molar-refractivity contribution in [2.45, 2.75) is 26.4 Å². The van der Waals surface area contributed by atoms with Crippen molar-refractivity contribution in [1.82, 2.24) is 30.6 Å². The molecule has 0 aliphatic heterocycles. The summed E-state index contributed by atoms with van der Waals surface area (Å²) in [6.45, 7) is 5.07.